The Morgan fingerprint density at radius 2 is 1.92 bits per heavy atom. The summed E-state index contributed by atoms with van der Waals surface area (Å²) in [5.74, 6) is 0.0870. The summed E-state index contributed by atoms with van der Waals surface area (Å²) in [5, 5.41) is 11.1. The van der Waals surface area contributed by atoms with Crippen molar-refractivity contribution in [1.82, 2.24) is 9.80 Å². The van der Waals surface area contributed by atoms with E-state index in [0.29, 0.717) is 16.5 Å². The third kappa shape index (κ3) is 5.05. The summed E-state index contributed by atoms with van der Waals surface area (Å²) in [4.78, 5) is 17.2. The first-order chi connectivity index (χ1) is 12.0. The van der Waals surface area contributed by atoms with Gasteiger partial charge < -0.3 is 10.0 Å². The molecule has 0 aromatic heterocycles. The number of amides is 1. The molecule has 0 radical (unpaired) electrons. The molecule has 1 amide bonds. The highest BCUT2D eigenvalue weighted by atomic mass is 35.5. The van der Waals surface area contributed by atoms with Gasteiger partial charge in [-0.05, 0) is 62.9 Å². The fourth-order valence-electron chi connectivity index (χ4n) is 4.16. The van der Waals surface area contributed by atoms with E-state index in [0.717, 1.165) is 37.9 Å². The Bertz CT molecular complexity index is 623. The molecule has 1 saturated carbocycles. The molecular formula is C19H27Cl3N2O2. The third-order valence-corrected chi connectivity index (χ3v) is 6.33. The first-order valence-corrected chi connectivity index (χ1v) is 9.83. The van der Waals surface area contributed by atoms with Crippen LogP contribution in [0.1, 0.15) is 37.7 Å². The highest BCUT2D eigenvalue weighted by Gasteiger charge is 2.38. The van der Waals surface area contributed by atoms with Gasteiger partial charge in [-0.15, -0.1) is 12.4 Å². The lowest BCUT2D eigenvalue weighted by atomic mass is 9.86. The Morgan fingerprint density at radius 3 is 2.58 bits per heavy atom. The van der Waals surface area contributed by atoms with Gasteiger partial charge in [-0.1, -0.05) is 29.3 Å². The van der Waals surface area contributed by atoms with Crippen molar-refractivity contribution in [2.75, 3.05) is 20.1 Å². The molecule has 1 N–H and O–H groups in total. The van der Waals surface area contributed by atoms with E-state index in [1.54, 1.807) is 12.1 Å². The number of hydrogen-bond acceptors (Lipinski definition) is 3. The van der Waals surface area contributed by atoms with Gasteiger partial charge in [0.05, 0.1) is 22.6 Å². The first kappa shape index (κ1) is 21.8. The highest BCUT2D eigenvalue weighted by molar-refractivity contribution is 6.42. The van der Waals surface area contributed by atoms with Crippen molar-refractivity contribution in [1.29, 1.82) is 0 Å². The molecule has 2 fully saturated rings. The summed E-state index contributed by atoms with van der Waals surface area (Å²) >= 11 is 12.0. The van der Waals surface area contributed by atoms with E-state index in [4.69, 9.17) is 23.2 Å². The Balaban J connectivity index is 0.00000243. The fourth-order valence-corrected chi connectivity index (χ4v) is 4.48. The van der Waals surface area contributed by atoms with E-state index < -0.39 is 0 Å². The molecule has 0 unspecified atom stereocenters. The minimum atomic E-state index is -0.250. The largest absolute Gasteiger partial charge is 0.393 e. The number of carbonyl (C=O) groups is 1. The summed E-state index contributed by atoms with van der Waals surface area (Å²) in [6.45, 7) is 2.14. The zero-order chi connectivity index (χ0) is 18.0. The van der Waals surface area contributed by atoms with Crippen molar-refractivity contribution in [3.63, 3.8) is 0 Å². The van der Waals surface area contributed by atoms with Gasteiger partial charge in [0.25, 0.3) is 0 Å². The maximum atomic E-state index is 12.8. The summed E-state index contributed by atoms with van der Waals surface area (Å²) in [6.07, 6.45) is 4.86. The minimum absolute atomic E-state index is 0. The average molecular weight is 422 g/mol. The van der Waals surface area contributed by atoms with E-state index in [1.807, 2.05) is 18.0 Å². The van der Waals surface area contributed by atoms with Gasteiger partial charge in [0, 0.05) is 19.1 Å². The van der Waals surface area contributed by atoms with Gasteiger partial charge in [0.1, 0.15) is 0 Å². The van der Waals surface area contributed by atoms with Crippen LogP contribution in [-0.4, -0.2) is 59.1 Å². The fraction of sp³-hybridized carbons (Fsp3) is 0.632. The van der Waals surface area contributed by atoms with Gasteiger partial charge in [-0.25, -0.2) is 0 Å². The molecule has 146 valence electrons. The minimum Gasteiger partial charge on any atom is -0.393 e. The molecule has 1 aromatic carbocycles. The van der Waals surface area contributed by atoms with E-state index in [2.05, 4.69) is 4.90 Å². The van der Waals surface area contributed by atoms with Crippen molar-refractivity contribution >= 4 is 41.5 Å². The number of benzene rings is 1. The number of halogens is 3. The lowest BCUT2D eigenvalue weighted by Crippen LogP contribution is -2.55. The van der Waals surface area contributed by atoms with Crippen LogP contribution in [-0.2, 0) is 11.2 Å². The van der Waals surface area contributed by atoms with E-state index in [-0.39, 0.29) is 36.5 Å². The van der Waals surface area contributed by atoms with Gasteiger partial charge in [-0.3, -0.25) is 9.69 Å². The highest BCUT2D eigenvalue weighted by Crippen LogP contribution is 2.30. The second-order valence-corrected chi connectivity index (χ2v) is 8.09. The maximum absolute atomic E-state index is 12.8. The number of nitrogens with zero attached hydrogens (tertiary/aromatic N) is 2. The molecule has 2 aliphatic rings. The van der Waals surface area contributed by atoms with E-state index in [9.17, 15) is 9.90 Å². The van der Waals surface area contributed by atoms with Crippen molar-refractivity contribution in [2.45, 2.75) is 56.7 Å². The maximum Gasteiger partial charge on any atom is 0.227 e. The van der Waals surface area contributed by atoms with Gasteiger partial charge in [0.2, 0.25) is 5.91 Å². The number of aliphatic hydroxyl groups is 1. The van der Waals surface area contributed by atoms with Crippen molar-refractivity contribution in [3.05, 3.63) is 33.8 Å². The lowest BCUT2D eigenvalue weighted by molar-refractivity contribution is -0.134. The molecule has 1 heterocycles. The second-order valence-electron chi connectivity index (χ2n) is 7.27. The van der Waals surface area contributed by atoms with Gasteiger partial charge in [-0.2, -0.15) is 0 Å². The first-order valence-electron chi connectivity index (χ1n) is 9.07. The standard InChI is InChI=1S/C19H26Cl2N2O2.ClH/c1-22(19(25)11-13-4-6-15(20)16(21)10-13)17-7-5-14(24)12-18(17)23-8-2-3-9-23;/h4,6,10,14,17-18,24H,2-3,5,7-9,11-12H2,1H3;1H/t14-,17+,18+;/m1./s1. The number of likely N-dealkylation sites (N-methyl/N-ethyl adjacent to an activating group) is 1. The Labute approximate surface area is 171 Å². The predicted octanol–water partition coefficient (Wildman–Crippen LogP) is 3.79. The molecular weight excluding hydrogens is 395 g/mol. The van der Waals surface area contributed by atoms with E-state index >= 15 is 0 Å². The summed E-state index contributed by atoms with van der Waals surface area (Å²) < 4.78 is 0. The summed E-state index contributed by atoms with van der Waals surface area (Å²) in [7, 11) is 1.89. The monoisotopic (exact) mass is 420 g/mol. The summed E-state index contributed by atoms with van der Waals surface area (Å²) in [6, 6.07) is 5.77. The van der Waals surface area contributed by atoms with Crippen LogP contribution in [0.2, 0.25) is 10.0 Å². The van der Waals surface area contributed by atoms with Crippen LogP contribution in [0.3, 0.4) is 0 Å². The molecule has 3 rings (SSSR count). The zero-order valence-corrected chi connectivity index (χ0v) is 17.4. The SMILES string of the molecule is CN(C(=O)Cc1ccc(Cl)c(Cl)c1)[C@H]1CC[C@@H](O)C[C@@H]1N1CCCC1.Cl. The number of carbonyl (C=O) groups excluding carboxylic acids is 1. The average Bonchev–Trinajstić information content (AvgIpc) is 3.12. The predicted molar refractivity (Wildman–Crippen MR) is 108 cm³/mol. The number of aliphatic hydroxyl groups excluding tert-OH is 1. The van der Waals surface area contributed by atoms with Crippen LogP contribution in [0.4, 0.5) is 0 Å². The van der Waals surface area contributed by atoms with Crippen LogP contribution in [0, 0.1) is 0 Å². The molecule has 26 heavy (non-hydrogen) atoms. The number of hydrogen-bond donors (Lipinski definition) is 1. The van der Waals surface area contributed by atoms with E-state index in [1.165, 1.54) is 12.8 Å². The zero-order valence-electron chi connectivity index (χ0n) is 15.0. The topological polar surface area (TPSA) is 43.8 Å². The normalized spacial score (nSPS) is 26.4. The molecule has 1 aromatic rings. The summed E-state index contributed by atoms with van der Waals surface area (Å²) in [5.41, 5.74) is 0.875. The van der Waals surface area contributed by atoms with Crippen LogP contribution in [0.15, 0.2) is 18.2 Å². The second kappa shape index (κ2) is 9.61. The van der Waals surface area contributed by atoms with Crippen LogP contribution >= 0.6 is 35.6 Å². The third-order valence-electron chi connectivity index (χ3n) is 5.59. The molecule has 1 aliphatic carbocycles. The van der Waals surface area contributed by atoms with Crippen molar-refractivity contribution in [3.8, 4) is 0 Å². The molecule has 3 atom stereocenters. The van der Waals surface area contributed by atoms with Crippen LogP contribution < -0.4 is 0 Å². The molecule has 0 spiro atoms. The van der Waals surface area contributed by atoms with Crippen molar-refractivity contribution < 1.29 is 9.90 Å². The quantitative estimate of drug-likeness (QED) is 0.804. The van der Waals surface area contributed by atoms with Crippen LogP contribution in [0.5, 0.6) is 0 Å². The van der Waals surface area contributed by atoms with Gasteiger partial charge >= 0.3 is 0 Å². The van der Waals surface area contributed by atoms with Gasteiger partial charge in [0.15, 0.2) is 0 Å². The molecule has 1 saturated heterocycles. The molecule has 0 bridgehead atoms. The molecule has 1 aliphatic heterocycles. The Kier molecular flexibility index (Phi) is 8.05. The molecule has 4 nitrogen and oxygen atoms in total. The molecule has 7 heteroatoms. The lowest BCUT2D eigenvalue weighted by Gasteiger charge is -2.44. The smallest absolute Gasteiger partial charge is 0.227 e. The number of likely N-dealkylation sites (tertiary alicyclic amines) is 1. The van der Waals surface area contributed by atoms with Crippen molar-refractivity contribution in [2.24, 2.45) is 0 Å². The number of rotatable bonds is 4. The Hall–Kier alpha value is -0.520. The Morgan fingerprint density at radius 1 is 1.23 bits per heavy atom. The van der Waals surface area contributed by atoms with Crippen LogP contribution in [0.25, 0.3) is 0 Å².